The van der Waals surface area contributed by atoms with Gasteiger partial charge in [-0.25, -0.2) is 0 Å². The zero-order valence-corrected chi connectivity index (χ0v) is 9.49. The van der Waals surface area contributed by atoms with Crippen molar-refractivity contribution in [3.63, 3.8) is 0 Å². The smallest absolute Gasteiger partial charge is 0.323 e. The molecule has 0 heterocycles. The van der Waals surface area contributed by atoms with Crippen molar-refractivity contribution in [2.75, 3.05) is 33.5 Å². The first-order valence-electron chi connectivity index (χ1n) is 5.28. The van der Waals surface area contributed by atoms with Gasteiger partial charge in [-0.15, -0.1) is 0 Å². The Balaban J connectivity index is 3.25. The summed E-state index contributed by atoms with van der Waals surface area (Å²) in [6.45, 7) is 3.98. The molecular formula is C10H21NO4. The van der Waals surface area contributed by atoms with E-state index in [2.05, 4.69) is 12.2 Å². The molecule has 0 saturated carbocycles. The van der Waals surface area contributed by atoms with Crippen LogP contribution in [0.5, 0.6) is 0 Å². The molecule has 0 spiro atoms. The molecule has 0 radical (unpaired) electrons. The number of hydrogen-bond acceptors (Lipinski definition) is 4. The van der Waals surface area contributed by atoms with Crippen LogP contribution in [0.4, 0.5) is 0 Å². The Labute approximate surface area is 90.8 Å². The topological polar surface area (TPSA) is 67.8 Å². The number of nitrogens with one attached hydrogen (secondary N) is 1. The van der Waals surface area contributed by atoms with Crippen LogP contribution in [0, 0.1) is 0 Å². The first-order chi connectivity index (χ1) is 7.22. The molecule has 0 aliphatic rings. The molecule has 90 valence electrons. The lowest BCUT2D eigenvalue weighted by Gasteiger charge is -2.11. The fourth-order valence-corrected chi connectivity index (χ4v) is 0.946. The number of carboxylic acids is 1. The summed E-state index contributed by atoms with van der Waals surface area (Å²) in [6.07, 6.45) is 2.16. The first kappa shape index (κ1) is 14.3. The summed E-state index contributed by atoms with van der Waals surface area (Å²) in [7, 11) is 1.60. The van der Waals surface area contributed by atoms with Crippen LogP contribution in [-0.4, -0.2) is 50.6 Å². The fourth-order valence-electron chi connectivity index (χ4n) is 0.946. The van der Waals surface area contributed by atoms with Gasteiger partial charge in [0.25, 0.3) is 0 Å². The maximum absolute atomic E-state index is 10.6. The summed E-state index contributed by atoms with van der Waals surface area (Å²) in [4.78, 5) is 10.6. The molecule has 0 rings (SSSR count). The third kappa shape index (κ3) is 8.35. The molecule has 0 saturated heterocycles. The van der Waals surface area contributed by atoms with Crippen LogP contribution >= 0.6 is 0 Å². The van der Waals surface area contributed by atoms with E-state index in [0.29, 0.717) is 13.2 Å². The largest absolute Gasteiger partial charge is 0.480 e. The minimum absolute atomic E-state index is 0.170. The predicted molar refractivity (Wildman–Crippen MR) is 57.0 cm³/mol. The zero-order valence-electron chi connectivity index (χ0n) is 9.49. The summed E-state index contributed by atoms with van der Waals surface area (Å²) in [5, 5.41) is 11.3. The van der Waals surface area contributed by atoms with Gasteiger partial charge in [0.1, 0.15) is 6.04 Å². The molecule has 0 bridgehead atoms. The molecule has 2 N–H and O–H groups in total. The van der Waals surface area contributed by atoms with Gasteiger partial charge in [-0.05, 0) is 13.5 Å². The van der Waals surface area contributed by atoms with Crippen LogP contribution in [0.2, 0.25) is 0 Å². The molecule has 5 nitrogen and oxygen atoms in total. The maximum atomic E-state index is 10.6. The van der Waals surface area contributed by atoms with E-state index in [4.69, 9.17) is 14.6 Å². The molecular weight excluding hydrogens is 198 g/mol. The van der Waals surface area contributed by atoms with E-state index in [-0.39, 0.29) is 6.61 Å². The number of aliphatic carboxylic acids is 1. The van der Waals surface area contributed by atoms with E-state index < -0.39 is 12.0 Å². The van der Waals surface area contributed by atoms with Crippen LogP contribution in [0.15, 0.2) is 0 Å². The molecule has 0 fully saturated rings. The van der Waals surface area contributed by atoms with E-state index in [0.717, 1.165) is 19.4 Å². The highest BCUT2D eigenvalue weighted by Crippen LogP contribution is 1.89. The number of ether oxygens (including phenoxy) is 2. The number of carbonyl (C=O) groups is 1. The lowest BCUT2D eigenvalue weighted by Crippen LogP contribution is -2.38. The maximum Gasteiger partial charge on any atom is 0.323 e. The highest BCUT2D eigenvalue weighted by molar-refractivity contribution is 5.73. The summed E-state index contributed by atoms with van der Waals surface area (Å²) in [6, 6.07) is -0.638. The monoisotopic (exact) mass is 219 g/mol. The Bertz CT molecular complexity index is 164. The highest BCUT2D eigenvalue weighted by atomic mass is 16.5. The van der Waals surface area contributed by atoms with Crippen LogP contribution in [-0.2, 0) is 14.3 Å². The highest BCUT2D eigenvalue weighted by Gasteiger charge is 2.13. The minimum Gasteiger partial charge on any atom is -0.480 e. The number of unbranched alkanes of at least 4 members (excludes halogenated alkanes) is 1. The second-order valence-electron chi connectivity index (χ2n) is 3.22. The summed E-state index contributed by atoms with van der Waals surface area (Å²) >= 11 is 0. The number of likely N-dealkylation sites (N-methyl/N-ethyl adjacent to an activating group) is 1. The Morgan fingerprint density at radius 3 is 2.53 bits per heavy atom. The molecule has 0 aromatic heterocycles. The molecule has 0 aromatic carbocycles. The summed E-state index contributed by atoms with van der Waals surface area (Å²) in [5.41, 5.74) is 0. The van der Waals surface area contributed by atoms with E-state index in [9.17, 15) is 4.79 Å². The normalized spacial score (nSPS) is 12.7. The molecule has 0 amide bonds. The number of rotatable bonds is 10. The van der Waals surface area contributed by atoms with Crippen molar-refractivity contribution in [1.29, 1.82) is 0 Å². The van der Waals surface area contributed by atoms with Crippen molar-refractivity contribution >= 4 is 5.97 Å². The van der Waals surface area contributed by atoms with Crippen molar-refractivity contribution < 1.29 is 19.4 Å². The Kier molecular flexibility index (Phi) is 9.46. The SMILES string of the molecule is CCCCOCCOCC(NC)C(=O)O. The van der Waals surface area contributed by atoms with E-state index in [1.54, 1.807) is 7.05 Å². The van der Waals surface area contributed by atoms with Crippen LogP contribution in [0.1, 0.15) is 19.8 Å². The van der Waals surface area contributed by atoms with Gasteiger partial charge in [0, 0.05) is 6.61 Å². The Morgan fingerprint density at radius 1 is 1.33 bits per heavy atom. The Morgan fingerprint density at radius 2 is 2.00 bits per heavy atom. The predicted octanol–water partition coefficient (Wildman–Crippen LogP) is 0.492. The van der Waals surface area contributed by atoms with Crippen LogP contribution in [0.3, 0.4) is 0 Å². The molecule has 5 heteroatoms. The number of carboxylic acid groups (broad SMARTS) is 1. The summed E-state index contributed by atoms with van der Waals surface area (Å²) < 4.78 is 10.4. The fraction of sp³-hybridized carbons (Fsp3) is 0.900. The van der Waals surface area contributed by atoms with Crippen LogP contribution < -0.4 is 5.32 Å². The lowest BCUT2D eigenvalue weighted by atomic mass is 10.3. The second-order valence-corrected chi connectivity index (χ2v) is 3.22. The molecule has 1 unspecified atom stereocenters. The molecule has 0 aliphatic carbocycles. The van der Waals surface area contributed by atoms with Gasteiger partial charge >= 0.3 is 5.97 Å². The standard InChI is InChI=1S/C10H21NO4/c1-3-4-5-14-6-7-15-8-9(11-2)10(12)13/h9,11H,3-8H2,1-2H3,(H,12,13). The van der Waals surface area contributed by atoms with E-state index in [1.165, 1.54) is 0 Å². The molecule has 15 heavy (non-hydrogen) atoms. The third-order valence-corrected chi connectivity index (χ3v) is 1.95. The quantitative estimate of drug-likeness (QED) is 0.523. The van der Waals surface area contributed by atoms with Crippen molar-refractivity contribution in [3.8, 4) is 0 Å². The van der Waals surface area contributed by atoms with Crippen molar-refractivity contribution in [1.82, 2.24) is 5.32 Å². The van der Waals surface area contributed by atoms with Crippen molar-refractivity contribution in [2.24, 2.45) is 0 Å². The molecule has 0 aliphatic heterocycles. The van der Waals surface area contributed by atoms with Gasteiger partial charge < -0.3 is 19.9 Å². The van der Waals surface area contributed by atoms with Gasteiger partial charge in [0.05, 0.1) is 19.8 Å². The zero-order chi connectivity index (χ0) is 11.5. The molecule has 1 atom stereocenters. The minimum atomic E-state index is -0.899. The number of hydrogen-bond donors (Lipinski definition) is 2. The van der Waals surface area contributed by atoms with Gasteiger partial charge in [0.15, 0.2) is 0 Å². The van der Waals surface area contributed by atoms with E-state index >= 15 is 0 Å². The van der Waals surface area contributed by atoms with Gasteiger partial charge in [0.2, 0.25) is 0 Å². The third-order valence-electron chi connectivity index (χ3n) is 1.95. The van der Waals surface area contributed by atoms with Crippen molar-refractivity contribution in [3.05, 3.63) is 0 Å². The van der Waals surface area contributed by atoms with Gasteiger partial charge in [-0.1, -0.05) is 13.3 Å². The van der Waals surface area contributed by atoms with Gasteiger partial charge in [-0.2, -0.15) is 0 Å². The van der Waals surface area contributed by atoms with Gasteiger partial charge in [-0.3, -0.25) is 4.79 Å². The first-order valence-corrected chi connectivity index (χ1v) is 5.28. The van der Waals surface area contributed by atoms with Crippen molar-refractivity contribution in [2.45, 2.75) is 25.8 Å². The Hall–Kier alpha value is -0.650. The second kappa shape index (κ2) is 9.89. The average molecular weight is 219 g/mol. The average Bonchev–Trinajstić information content (AvgIpc) is 2.21. The summed E-state index contributed by atoms with van der Waals surface area (Å²) in [5.74, 6) is -0.899. The van der Waals surface area contributed by atoms with Crippen LogP contribution in [0.25, 0.3) is 0 Å². The molecule has 0 aromatic rings. The lowest BCUT2D eigenvalue weighted by molar-refractivity contribution is -0.141. The van der Waals surface area contributed by atoms with E-state index in [1.807, 2.05) is 0 Å².